The van der Waals surface area contributed by atoms with Gasteiger partial charge >= 0.3 is 0 Å². The Morgan fingerprint density at radius 3 is 1.07 bits per heavy atom. The predicted octanol–water partition coefficient (Wildman–Crippen LogP) is 3.15. The molecule has 0 spiro atoms. The fourth-order valence-corrected chi connectivity index (χ4v) is 0.813. The summed E-state index contributed by atoms with van der Waals surface area (Å²) < 4.78 is 0. The first kappa shape index (κ1) is 12.8. The van der Waals surface area contributed by atoms with Crippen molar-refractivity contribution in [2.45, 2.75) is 0 Å². The van der Waals surface area contributed by atoms with Crippen LogP contribution in [0.1, 0.15) is 0 Å². The smallest absolute Gasteiger partial charge is 0.115 e. The van der Waals surface area contributed by atoms with E-state index in [1.54, 1.807) is 24.3 Å². The Hall–Kier alpha value is -2.16. The summed E-state index contributed by atoms with van der Waals surface area (Å²) >= 11 is 0. The van der Waals surface area contributed by atoms with Crippen LogP contribution < -0.4 is 0 Å². The molecule has 0 radical (unpaired) electrons. The highest BCUT2D eigenvalue weighted by atomic mass is 16.7. The molecule has 0 amide bonds. The fourth-order valence-electron chi connectivity index (χ4n) is 0.813. The zero-order valence-corrected chi connectivity index (χ0v) is 8.11. The number of rotatable bonds is 0. The number of phenols is 1. The van der Waals surface area contributed by atoms with E-state index in [2.05, 4.69) is 0 Å². The Balaban J connectivity index is 0.000000227. The lowest BCUT2D eigenvalue weighted by Gasteiger charge is -1.82. The van der Waals surface area contributed by atoms with Gasteiger partial charge in [-0.05, 0) is 12.1 Å². The molecule has 0 saturated carbocycles. The third kappa shape index (κ3) is 8.18. The van der Waals surface area contributed by atoms with Gasteiger partial charge in [0.1, 0.15) is 5.75 Å². The Morgan fingerprint density at radius 1 is 0.600 bits per heavy atom. The van der Waals surface area contributed by atoms with Gasteiger partial charge in [-0.25, -0.2) is 0 Å². The molecule has 2 aromatic rings. The summed E-state index contributed by atoms with van der Waals surface area (Å²) in [6.07, 6.45) is 0. The largest absolute Gasteiger partial charge is 0.508 e. The number of phenolic OH excluding ortho intramolecular Hbond substituents is 1. The zero-order valence-electron chi connectivity index (χ0n) is 8.11. The second-order valence-corrected chi connectivity index (χ2v) is 2.49. The maximum atomic E-state index is 8.63. The molecule has 0 aromatic heterocycles. The minimum Gasteiger partial charge on any atom is -0.508 e. The third-order valence-electron chi connectivity index (χ3n) is 1.42. The lowest BCUT2D eigenvalue weighted by molar-refractivity contribution is 0.475. The second kappa shape index (κ2) is 9.92. The van der Waals surface area contributed by atoms with Gasteiger partial charge in [0, 0.05) is 9.93 Å². The van der Waals surface area contributed by atoms with Crippen LogP contribution in [0.25, 0.3) is 0 Å². The van der Waals surface area contributed by atoms with Gasteiger partial charge in [0.2, 0.25) is 0 Å². The summed E-state index contributed by atoms with van der Waals surface area (Å²) in [7, 11) is 0. The van der Waals surface area contributed by atoms with Crippen molar-refractivity contribution in [3.63, 3.8) is 0 Å². The first-order valence-electron chi connectivity index (χ1n) is 4.30. The Labute approximate surface area is 88.2 Å². The molecule has 78 valence electrons. The van der Waals surface area contributed by atoms with Gasteiger partial charge in [-0.1, -0.05) is 54.6 Å². The first-order valence-corrected chi connectivity index (χ1v) is 4.30. The molecule has 0 aliphatic heterocycles. The van der Waals surface area contributed by atoms with Gasteiger partial charge in [0.15, 0.2) is 0 Å². The topological polar surface area (TPSA) is 54.4 Å². The van der Waals surface area contributed by atoms with Crippen LogP contribution in [-0.4, -0.2) is 5.11 Å². The molecule has 0 unspecified atom stereocenters. The molecule has 1 N–H and O–H groups in total. The summed E-state index contributed by atoms with van der Waals surface area (Å²) in [5, 5.41) is 8.63. The van der Waals surface area contributed by atoms with Crippen molar-refractivity contribution in [2.24, 2.45) is 0 Å². The first-order chi connectivity index (χ1) is 7.39. The zero-order chi connectivity index (χ0) is 11.4. The van der Waals surface area contributed by atoms with Crippen molar-refractivity contribution in [3.05, 3.63) is 76.7 Å². The van der Waals surface area contributed by atoms with Crippen molar-refractivity contribution in [2.75, 3.05) is 0 Å². The van der Waals surface area contributed by atoms with Crippen molar-refractivity contribution in [1.82, 2.24) is 0 Å². The molecule has 2 aromatic carbocycles. The van der Waals surface area contributed by atoms with E-state index in [4.69, 9.17) is 15.0 Å². The van der Waals surface area contributed by atoms with E-state index in [0.29, 0.717) is 5.75 Å². The van der Waals surface area contributed by atoms with E-state index in [1.165, 1.54) is 0 Å². The summed E-state index contributed by atoms with van der Waals surface area (Å²) in [6.45, 7) is 0. The molecule has 0 bridgehead atoms. The van der Waals surface area contributed by atoms with Crippen LogP contribution in [0.3, 0.4) is 0 Å². The molecule has 0 atom stereocenters. The normalized spacial score (nSPS) is 7.47. The minimum absolute atomic E-state index is 0.322. The minimum atomic E-state index is 0.322. The third-order valence-corrected chi connectivity index (χ3v) is 1.42. The van der Waals surface area contributed by atoms with Crippen LogP contribution in [0, 0.1) is 9.93 Å². The van der Waals surface area contributed by atoms with E-state index in [0.717, 1.165) is 0 Å². The lowest BCUT2D eigenvalue weighted by atomic mass is 10.3. The Bertz CT molecular complexity index is 295. The molecule has 2 rings (SSSR count). The van der Waals surface area contributed by atoms with E-state index in [9.17, 15) is 0 Å². The van der Waals surface area contributed by atoms with Gasteiger partial charge in [-0.3, -0.25) is 0 Å². The summed E-state index contributed by atoms with van der Waals surface area (Å²) in [6, 6.07) is 20.7. The van der Waals surface area contributed by atoms with Crippen LogP contribution >= 0.6 is 0 Å². The monoisotopic (exact) mass is 204 g/mol. The molecular formula is C12H12O3. The highest BCUT2D eigenvalue weighted by molar-refractivity contribution is 5.18. The average molecular weight is 204 g/mol. The standard InChI is InChI=1S/C6H6O.C6H6.O2/c7-6-4-2-1-3-5-6;1-2-4-6-5-3-1;1-2/h1-5,7H;1-6H;. The molecule has 0 saturated heterocycles. The van der Waals surface area contributed by atoms with Gasteiger partial charge in [0.05, 0.1) is 0 Å². The fraction of sp³-hybridized carbons (Fsp3) is 0. The molecule has 3 heteroatoms. The van der Waals surface area contributed by atoms with Crippen LogP contribution in [0.5, 0.6) is 5.75 Å². The SMILES string of the molecule is O=O.Oc1ccccc1.c1ccccc1. The average Bonchev–Trinajstić information content (AvgIpc) is 2.36. The Kier molecular flexibility index (Phi) is 8.50. The van der Waals surface area contributed by atoms with E-state index in [-0.39, 0.29) is 0 Å². The van der Waals surface area contributed by atoms with Crippen molar-refractivity contribution >= 4 is 0 Å². The number of hydrogen-bond acceptors (Lipinski definition) is 3. The number of hydrogen-bond donors (Lipinski definition) is 1. The molecule has 15 heavy (non-hydrogen) atoms. The maximum absolute atomic E-state index is 8.63. The molecule has 3 nitrogen and oxygen atoms in total. The molecular weight excluding hydrogens is 192 g/mol. The van der Waals surface area contributed by atoms with Crippen LogP contribution in [0.4, 0.5) is 0 Å². The van der Waals surface area contributed by atoms with E-state index in [1.807, 2.05) is 42.5 Å². The number of benzene rings is 2. The molecule has 0 fully saturated rings. The number of aromatic hydroxyl groups is 1. The summed E-state index contributed by atoms with van der Waals surface area (Å²) in [5.41, 5.74) is 0. The highest BCUT2D eigenvalue weighted by Crippen LogP contribution is 2.02. The van der Waals surface area contributed by atoms with Gasteiger partial charge < -0.3 is 5.11 Å². The van der Waals surface area contributed by atoms with Crippen molar-refractivity contribution in [1.29, 1.82) is 0 Å². The van der Waals surface area contributed by atoms with Crippen molar-refractivity contribution in [3.8, 4) is 5.75 Å². The second-order valence-electron chi connectivity index (χ2n) is 2.49. The van der Waals surface area contributed by atoms with Crippen LogP contribution in [-0.2, 0) is 0 Å². The van der Waals surface area contributed by atoms with Crippen molar-refractivity contribution < 1.29 is 5.11 Å². The van der Waals surface area contributed by atoms with E-state index >= 15 is 0 Å². The van der Waals surface area contributed by atoms with E-state index < -0.39 is 0 Å². The predicted molar refractivity (Wildman–Crippen MR) is 61.3 cm³/mol. The molecule has 0 aliphatic carbocycles. The van der Waals surface area contributed by atoms with Crippen LogP contribution in [0.15, 0.2) is 66.7 Å². The Morgan fingerprint density at radius 2 is 0.867 bits per heavy atom. The quantitative estimate of drug-likeness (QED) is 0.717. The maximum Gasteiger partial charge on any atom is 0.115 e. The lowest BCUT2D eigenvalue weighted by Crippen LogP contribution is -1.56. The summed E-state index contributed by atoms with van der Waals surface area (Å²) in [5.74, 6) is 0.322. The van der Waals surface area contributed by atoms with Gasteiger partial charge in [-0.2, -0.15) is 0 Å². The molecule has 0 heterocycles. The summed E-state index contributed by atoms with van der Waals surface area (Å²) in [4.78, 5) is 14.0. The van der Waals surface area contributed by atoms with Crippen LogP contribution in [0.2, 0.25) is 0 Å². The molecule has 0 aliphatic rings. The van der Waals surface area contributed by atoms with Gasteiger partial charge in [0.25, 0.3) is 0 Å². The van der Waals surface area contributed by atoms with Gasteiger partial charge in [-0.15, -0.1) is 0 Å². The highest BCUT2D eigenvalue weighted by Gasteiger charge is 1.74. The number of para-hydroxylation sites is 1.